The second-order valence-corrected chi connectivity index (χ2v) is 2.57. The van der Waals surface area contributed by atoms with Crippen LogP contribution in [0.3, 0.4) is 0 Å². The summed E-state index contributed by atoms with van der Waals surface area (Å²) in [6.07, 6.45) is 3.04. The standard InChI is InChI=1S/C9H11N2O3/c10-9(13)14-8-4-3-7(6-11-8)2-1-5-12/h2-4,6,12H,1,5H2,(H2,10,13). The summed E-state index contributed by atoms with van der Waals surface area (Å²) in [5, 5.41) is 8.56. The highest BCUT2D eigenvalue weighted by Crippen LogP contribution is 2.09. The van der Waals surface area contributed by atoms with Crippen molar-refractivity contribution in [3.8, 4) is 5.88 Å². The topological polar surface area (TPSA) is 85.4 Å². The number of hydrogen-bond donors (Lipinski definition) is 2. The molecule has 3 N–H and O–H groups in total. The van der Waals surface area contributed by atoms with Crippen LogP contribution >= 0.6 is 0 Å². The van der Waals surface area contributed by atoms with E-state index in [9.17, 15) is 4.79 Å². The third-order valence-electron chi connectivity index (χ3n) is 1.47. The lowest BCUT2D eigenvalue weighted by Gasteiger charge is -2.01. The number of amides is 1. The lowest BCUT2D eigenvalue weighted by molar-refractivity contribution is 0.209. The predicted molar refractivity (Wildman–Crippen MR) is 49.6 cm³/mol. The van der Waals surface area contributed by atoms with Crippen LogP contribution in [0.25, 0.3) is 0 Å². The van der Waals surface area contributed by atoms with Crippen LogP contribution in [-0.2, 0) is 0 Å². The normalized spacial score (nSPS) is 9.79. The van der Waals surface area contributed by atoms with Crippen molar-refractivity contribution >= 4 is 6.09 Å². The Hall–Kier alpha value is -1.62. The van der Waals surface area contributed by atoms with Gasteiger partial charge in [0.1, 0.15) is 0 Å². The number of aliphatic hydroxyl groups is 1. The van der Waals surface area contributed by atoms with Gasteiger partial charge in [-0.05, 0) is 18.4 Å². The number of carbonyl (C=O) groups is 1. The molecule has 1 heterocycles. The lowest BCUT2D eigenvalue weighted by atomic mass is 10.2. The number of carbonyl (C=O) groups excluding carboxylic acids is 1. The van der Waals surface area contributed by atoms with E-state index in [1.807, 2.05) is 6.42 Å². The van der Waals surface area contributed by atoms with Gasteiger partial charge in [-0.3, -0.25) is 0 Å². The van der Waals surface area contributed by atoms with E-state index >= 15 is 0 Å². The summed E-state index contributed by atoms with van der Waals surface area (Å²) in [6.45, 7) is 0.0968. The molecule has 1 rings (SSSR count). The van der Waals surface area contributed by atoms with Crippen LogP contribution in [0.15, 0.2) is 18.3 Å². The molecule has 75 valence electrons. The highest BCUT2D eigenvalue weighted by molar-refractivity contribution is 5.67. The molecule has 0 spiro atoms. The van der Waals surface area contributed by atoms with Crippen molar-refractivity contribution in [2.75, 3.05) is 6.61 Å². The van der Waals surface area contributed by atoms with Gasteiger partial charge < -0.3 is 15.6 Å². The number of pyridine rings is 1. The zero-order valence-electron chi connectivity index (χ0n) is 7.51. The number of primary amides is 1. The van der Waals surface area contributed by atoms with Crippen LogP contribution in [0.5, 0.6) is 5.88 Å². The minimum absolute atomic E-state index is 0.0968. The Morgan fingerprint density at radius 3 is 2.93 bits per heavy atom. The molecular weight excluding hydrogens is 184 g/mol. The molecule has 0 aromatic carbocycles. The van der Waals surface area contributed by atoms with Gasteiger partial charge in [0.05, 0.1) is 0 Å². The molecule has 0 fully saturated rings. The van der Waals surface area contributed by atoms with Crippen LogP contribution in [0.2, 0.25) is 0 Å². The summed E-state index contributed by atoms with van der Waals surface area (Å²) < 4.78 is 4.54. The molecule has 0 saturated carbocycles. The second-order valence-electron chi connectivity index (χ2n) is 2.57. The second kappa shape index (κ2) is 5.18. The van der Waals surface area contributed by atoms with Crippen molar-refractivity contribution < 1.29 is 14.6 Å². The predicted octanol–water partition coefficient (Wildman–Crippen LogP) is 0.474. The summed E-state index contributed by atoms with van der Waals surface area (Å²) in [7, 11) is 0. The smallest absolute Gasteiger partial charge is 0.396 e. The third-order valence-corrected chi connectivity index (χ3v) is 1.47. The molecule has 14 heavy (non-hydrogen) atoms. The van der Waals surface area contributed by atoms with Crippen LogP contribution in [0, 0.1) is 6.42 Å². The molecule has 5 nitrogen and oxygen atoms in total. The molecule has 1 amide bonds. The van der Waals surface area contributed by atoms with E-state index in [0.717, 1.165) is 5.56 Å². The Morgan fingerprint density at radius 1 is 1.64 bits per heavy atom. The van der Waals surface area contributed by atoms with Crippen LogP contribution in [-0.4, -0.2) is 22.8 Å². The average Bonchev–Trinajstić information content (AvgIpc) is 2.16. The first-order valence-electron chi connectivity index (χ1n) is 4.10. The fourth-order valence-electron chi connectivity index (χ4n) is 0.907. The fraction of sp³-hybridized carbons (Fsp3) is 0.222. The van der Waals surface area contributed by atoms with Crippen molar-refractivity contribution in [2.24, 2.45) is 5.73 Å². The quantitative estimate of drug-likeness (QED) is 0.731. The first-order chi connectivity index (χ1) is 6.72. The van der Waals surface area contributed by atoms with E-state index < -0.39 is 6.09 Å². The maximum Gasteiger partial charge on any atom is 0.411 e. The molecule has 0 aliphatic rings. The van der Waals surface area contributed by atoms with Gasteiger partial charge in [-0.25, -0.2) is 9.78 Å². The third kappa shape index (κ3) is 3.40. The Morgan fingerprint density at radius 2 is 2.43 bits per heavy atom. The van der Waals surface area contributed by atoms with Crippen molar-refractivity contribution in [1.82, 2.24) is 4.98 Å². The molecule has 1 radical (unpaired) electrons. The average molecular weight is 195 g/mol. The number of hydrogen-bond acceptors (Lipinski definition) is 4. The Kier molecular flexibility index (Phi) is 3.87. The van der Waals surface area contributed by atoms with Crippen molar-refractivity contribution in [2.45, 2.75) is 6.42 Å². The first kappa shape index (κ1) is 10.5. The lowest BCUT2D eigenvalue weighted by Crippen LogP contribution is -2.16. The highest BCUT2D eigenvalue weighted by Gasteiger charge is 2.00. The summed E-state index contributed by atoms with van der Waals surface area (Å²) in [5.74, 6) is 0.165. The van der Waals surface area contributed by atoms with Crippen LogP contribution < -0.4 is 10.5 Å². The van der Waals surface area contributed by atoms with Gasteiger partial charge in [0.15, 0.2) is 0 Å². The van der Waals surface area contributed by atoms with Crippen molar-refractivity contribution in [1.29, 1.82) is 0 Å². The van der Waals surface area contributed by atoms with E-state index in [0.29, 0.717) is 6.42 Å². The van der Waals surface area contributed by atoms with Crippen LogP contribution in [0.1, 0.15) is 12.0 Å². The van der Waals surface area contributed by atoms with Gasteiger partial charge in [-0.15, -0.1) is 0 Å². The van der Waals surface area contributed by atoms with E-state index in [2.05, 4.69) is 9.72 Å². The number of rotatable bonds is 4. The summed E-state index contributed by atoms with van der Waals surface area (Å²) in [4.78, 5) is 14.2. The number of nitrogens with two attached hydrogens (primary N) is 1. The SMILES string of the molecule is NC(=O)Oc1ccc([CH]CCO)cn1. The number of aromatic nitrogens is 1. The molecule has 0 bridgehead atoms. The van der Waals surface area contributed by atoms with Gasteiger partial charge in [-0.2, -0.15) is 0 Å². The summed E-state index contributed by atoms with van der Waals surface area (Å²) in [6, 6.07) is 3.26. The molecule has 0 unspecified atom stereocenters. The minimum atomic E-state index is -0.885. The Balaban J connectivity index is 2.54. The number of nitrogens with zero attached hydrogens (tertiary/aromatic N) is 1. The Bertz CT molecular complexity index is 297. The molecule has 1 aromatic rings. The van der Waals surface area contributed by atoms with Gasteiger partial charge >= 0.3 is 6.09 Å². The molecule has 0 aliphatic heterocycles. The number of aliphatic hydroxyl groups excluding tert-OH is 1. The number of ether oxygens (including phenoxy) is 1. The monoisotopic (exact) mass is 195 g/mol. The van der Waals surface area contributed by atoms with Gasteiger partial charge in [0, 0.05) is 18.9 Å². The first-order valence-corrected chi connectivity index (χ1v) is 4.10. The maximum atomic E-state index is 10.3. The largest absolute Gasteiger partial charge is 0.411 e. The van der Waals surface area contributed by atoms with E-state index in [-0.39, 0.29) is 12.5 Å². The zero-order valence-corrected chi connectivity index (χ0v) is 7.51. The van der Waals surface area contributed by atoms with E-state index in [4.69, 9.17) is 10.8 Å². The van der Waals surface area contributed by atoms with Gasteiger partial charge in [-0.1, -0.05) is 6.07 Å². The molecule has 1 aromatic heterocycles. The van der Waals surface area contributed by atoms with Crippen LogP contribution in [0.4, 0.5) is 4.79 Å². The fourth-order valence-corrected chi connectivity index (χ4v) is 0.907. The molecular formula is C9H11N2O3. The Labute approximate surface area is 81.5 Å². The zero-order chi connectivity index (χ0) is 10.4. The highest BCUT2D eigenvalue weighted by atomic mass is 16.6. The summed E-state index contributed by atoms with van der Waals surface area (Å²) in [5.41, 5.74) is 5.66. The molecule has 0 aliphatic carbocycles. The summed E-state index contributed by atoms with van der Waals surface area (Å²) >= 11 is 0. The van der Waals surface area contributed by atoms with Crippen molar-refractivity contribution in [3.63, 3.8) is 0 Å². The molecule has 0 saturated heterocycles. The minimum Gasteiger partial charge on any atom is -0.396 e. The molecule has 5 heteroatoms. The van der Waals surface area contributed by atoms with Crippen molar-refractivity contribution in [3.05, 3.63) is 30.3 Å². The van der Waals surface area contributed by atoms with Gasteiger partial charge in [0.25, 0.3) is 0 Å². The maximum absolute atomic E-state index is 10.3. The molecule has 0 atom stereocenters. The van der Waals surface area contributed by atoms with E-state index in [1.54, 1.807) is 6.07 Å². The van der Waals surface area contributed by atoms with E-state index in [1.165, 1.54) is 12.3 Å². The van der Waals surface area contributed by atoms with Gasteiger partial charge in [0.2, 0.25) is 5.88 Å².